The zero-order valence-corrected chi connectivity index (χ0v) is 12.6. The summed E-state index contributed by atoms with van der Waals surface area (Å²) in [6.07, 6.45) is 3.90. The Morgan fingerprint density at radius 1 is 1.43 bits per heavy atom. The number of nitrogens with two attached hydrogens (primary N) is 1. The van der Waals surface area contributed by atoms with Gasteiger partial charge in [0.2, 0.25) is 5.91 Å². The summed E-state index contributed by atoms with van der Waals surface area (Å²) < 4.78 is 18.6. The van der Waals surface area contributed by atoms with Gasteiger partial charge in [0.05, 0.1) is 13.0 Å². The van der Waals surface area contributed by atoms with Crippen molar-refractivity contribution in [2.75, 3.05) is 14.2 Å². The molecule has 1 amide bonds. The standard InChI is InChI=1S/C16H23FN2O2/c1-19(16(20)12-5-3-4-6-14(12)18)10-11-7-8-15(21-2)13(17)9-11/h7-9,12,14H,3-6,10,18H2,1-2H3. The van der Waals surface area contributed by atoms with E-state index in [9.17, 15) is 9.18 Å². The minimum Gasteiger partial charge on any atom is -0.494 e. The number of ether oxygens (including phenoxy) is 1. The van der Waals surface area contributed by atoms with Crippen LogP contribution in [0.25, 0.3) is 0 Å². The van der Waals surface area contributed by atoms with Gasteiger partial charge in [-0.15, -0.1) is 0 Å². The van der Waals surface area contributed by atoms with Gasteiger partial charge < -0.3 is 15.4 Å². The van der Waals surface area contributed by atoms with E-state index in [0.29, 0.717) is 6.54 Å². The minimum atomic E-state index is -0.412. The highest BCUT2D eigenvalue weighted by atomic mass is 19.1. The number of benzene rings is 1. The average molecular weight is 294 g/mol. The first-order chi connectivity index (χ1) is 10.0. The van der Waals surface area contributed by atoms with E-state index in [1.807, 2.05) is 0 Å². The van der Waals surface area contributed by atoms with Crippen molar-refractivity contribution in [3.05, 3.63) is 29.6 Å². The first-order valence-corrected chi connectivity index (χ1v) is 7.36. The summed E-state index contributed by atoms with van der Waals surface area (Å²) in [5.74, 6) is -0.252. The smallest absolute Gasteiger partial charge is 0.227 e. The van der Waals surface area contributed by atoms with Gasteiger partial charge in [-0.3, -0.25) is 4.79 Å². The van der Waals surface area contributed by atoms with Crippen molar-refractivity contribution in [1.29, 1.82) is 0 Å². The van der Waals surface area contributed by atoms with Crippen molar-refractivity contribution in [1.82, 2.24) is 4.90 Å². The number of amides is 1. The maximum Gasteiger partial charge on any atom is 0.227 e. The molecule has 0 saturated heterocycles. The van der Waals surface area contributed by atoms with Crippen molar-refractivity contribution in [2.24, 2.45) is 11.7 Å². The summed E-state index contributed by atoms with van der Waals surface area (Å²) in [4.78, 5) is 14.1. The number of carbonyl (C=O) groups excluding carboxylic acids is 1. The van der Waals surface area contributed by atoms with Crippen LogP contribution in [0.4, 0.5) is 4.39 Å². The Morgan fingerprint density at radius 2 is 2.14 bits per heavy atom. The van der Waals surface area contributed by atoms with Gasteiger partial charge in [-0.25, -0.2) is 4.39 Å². The molecule has 116 valence electrons. The molecule has 1 fully saturated rings. The second kappa shape index (κ2) is 6.89. The molecule has 2 atom stereocenters. The molecule has 1 saturated carbocycles. The van der Waals surface area contributed by atoms with Gasteiger partial charge in [-0.1, -0.05) is 18.9 Å². The number of hydrogen-bond donors (Lipinski definition) is 1. The molecule has 0 heterocycles. The summed E-state index contributed by atoms with van der Waals surface area (Å²) in [5, 5.41) is 0. The Hall–Kier alpha value is -1.62. The molecule has 21 heavy (non-hydrogen) atoms. The Morgan fingerprint density at radius 3 is 2.76 bits per heavy atom. The van der Waals surface area contributed by atoms with Crippen LogP contribution in [-0.4, -0.2) is 31.0 Å². The molecule has 2 unspecified atom stereocenters. The Balaban J connectivity index is 2.01. The van der Waals surface area contributed by atoms with Gasteiger partial charge in [0.25, 0.3) is 0 Å². The van der Waals surface area contributed by atoms with E-state index in [2.05, 4.69) is 0 Å². The highest BCUT2D eigenvalue weighted by molar-refractivity contribution is 5.79. The minimum absolute atomic E-state index is 0.0541. The predicted octanol–water partition coefficient (Wildman–Crippen LogP) is 2.31. The molecule has 2 rings (SSSR count). The van der Waals surface area contributed by atoms with Gasteiger partial charge in [0, 0.05) is 19.6 Å². The lowest BCUT2D eigenvalue weighted by Gasteiger charge is -2.31. The molecule has 0 spiro atoms. The second-order valence-electron chi connectivity index (χ2n) is 5.72. The molecule has 1 aliphatic rings. The van der Waals surface area contributed by atoms with Crippen LogP contribution in [0.5, 0.6) is 5.75 Å². The topological polar surface area (TPSA) is 55.6 Å². The molecular formula is C16H23FN2O2. The Kier molecular flexibility index (Phi) is 5.17. The van der Waals surface area contributed by atoms with E-state index in [1.54, 1.807) is 24.1 Å². The highest BCUT2D eigenvalue weighted by Crippen LogP contribution is 2.25. The molecule has 1 aliphatic carbocycles. The van der Waals surface area contributed by atoms with Crippen LogP contribution in [0.3, 0.4) is 0 Å². The van der Waals surface area contributed by atoms with Gasteiger partial charge >= 0.3 is 0 Å². The van der Waals surface area contributed by atoms with Gasteiger partial charge in [-0.2, -0.15) is 0 Å². The summed E-state index contributed by atoms with van der Waals surface area (Å²) in [7, 11) is 3.17. The maximum atomic E-state index is 13.7. The molecule has 0 bridgehead atoms. The number of rotatable bonds is 4. The number of hydrogen-bond acceptors (Lipinski definition) is 3. The van der Waals surface area contributed by atoms with Crippen LogP contribution in [0.1, 0.15) is 31.2 Å². The van der Waals surface area contributed by atoms with Crippen molar-refractivity contribution < 1.29 is 13.9 Å². The monoisotopic (exact) mass is 294 g/mol. The fraction of sp³-hybridized carbons (Fsp3) is 0.562. The number of methoxy groups -OCH3 is 1. The zero-order chi connectivity index (χ0) is 15.4. The first-order valence-electron chi connectivity index (χ1n) is 7.36. The fourth-order valence-electron chi connectivity index (χ4n) is 2.91. The van der Waals surface area contributed by atoms with Crippen LogP contribution in [-0.2, 0) is 11.3 Å². The number of halogens is 1. The van der Waals surface area contributed by atoms with Crippen molar-refractivity contribution in [2.45, 2.75) is 38.3 Å². The molecule has 2 N–H and O–H groups in total. The number of carbonyl (C=O) groups is 1. The van der Waals surface area contributed by atoms with E-state index in [1.165, 1.54) is 13.2 Å². The highest BCUT2D eigenvalue weighted by Gasteiger charge is 2.30. The molecule has 4 nitrogen and oxygen atoms in total. The van der Waals surface area contributed by atoms with E-state index in [4.69, 9.17) is 10.5 Å². The summed E-state index contributed by atoms with van der Waals surface area (Å²) >= 11 is 0. The first kappa shape index (κ1) is 15.8. The maximum absolute atomic E-state index is 13.7. The van der Waals surface area contributed by atoms with E-state index in [-0.39, 0.29) is 23.6 Å². The van der Waals surface area contributed by atoms with E-state index in [0.717, 1.165) is 31.2 Å². The lowest BCUT2D eigenvalue weighted by molar-refractivity contribution is -0.136. The molecule has 0 aromatic heterocycles. The fourth-order valence-corrected chi connectivity index (χ4v) is 2.91. The normalized spacial score (nSPS) is 21.9. The van der Waals surface area contributed by atoms with E-state index < -0.39 is 5.82 Å². The van der Waals surface area contributed by atoms with Crippen LogP contribution >= 0.6 is 0 Å². The lowest BCUT2D eigenvalue weighted by Crippen LogP contribution is -2.44. The largest absolute Gasteiger partial charge is 0.494 e. The Labute approximate surface area is 125 Å². The predicted molar refractivity (Wildman–Crippen MR) is 79.4 cm³/mol. The average Bonchev–Trinajstić information content (AvgIpc) is 2.47. The zero-order valence-electron chi connectivity index (χ0n) is 12.6. The van der Waals surface area contributed by atoms with Crippen LogP contribution in [0.2, 0.25) is 0 Å². The van der Waals surface area contributed by atoms with E-state index >= 15 is 0 Å². The van der Waals surface area contributed by atoms with Crippen molar-refractivity contribution in [3.8, 4) is 5.75 Å². The van der Waals surface area contributed by atoms with Gasteiger partial charge in [-0.05, 0) is 30.5 Å². The SMILES string of the molecule is COc1ccc(CN(C)C(=O)C2CCCCC2N)cc1F. The van der Waals surface area contributed by atoms with Crippen molar-refractivity contribution in [3.63, 3.8) is 0 Å². The van der Waals surface area contributed by atoms with Gasteiger partial charge in [0.15, 0.2) is 11.6 Å². The Bertz CT molecular complexity index is 507. The second-order valence-corrected chi connectivity index (χ2v) is 5.72. The molecular weight excluding hydrogens is 271 g/mol. The van der Waals surface area contributed by atoms with Crippen LogP contribution in [0, 0.1) is 11.7 Å². The molecule has 5 heteroatoms. The third kappa shape index (κ3) is 3.73. The van der Waals surface area contributed by atoms with Gasteiger partial charge in [0.1, 0.15) is 0 Å². The molecule has 1 aromatic rings. The van der Waals surface area contributed by atoms with Crippen LogP contribution < -0.4 is 10.5 Å². The lowest BCUT2D eigenvalue weighted by atomic mass is 9.84. The third-order valence-electron chi connectivity index (χ3n) is 4.15. The van der Waals surface area contributed by atoms with Crippen molar-refractivity contribution >= 4 is 5.91 Å². The summed E-state index contributed by atoms with van der Waals surface area (Å²) in [5.41, 5.74) is 6.79. The van der Waals surface area contributed by atoms with Crippen LogP contribution in [0.15, 0.2) is 18.2 Å². The molecule has 0 aliphatic heterocycles. The quantitative estimate of drug-likeness (QED) is 0.927. The molecule has 1 aromatic carbocycles. The third-order valence-corrected chi connectivity index (χ3v) is 4.15. The summed E-state index contributed by atoms with van der Waals surface area (Å²) in [6.45, 7) is 0.378. The molecule has 0 radical (unpaired) electrons. The number of nitrogens with zero attached hydrogens (tertiary/aromatic N) is 1. The summed E-state index contributed by atoms with van der Waals surface area (Å²) in [6, 6.07) is 4.70.